The van der Waals surface area contributed by atoms with Crippen LogP contribution in [0.2, 0.25) is 5.02 Å². The first-order chi connectivity index (χ1) is 12.3. The summed E-state index contributed by atoms with van der Waals surface area (Å²) in [6.07, 6.45) is 1.01. The summed E-state index contributed by atoms with van der Waals surface area (Å²) in [7, 11) is -1.85. The van der Waals surface area contributed by atoms with Crippen LogP contribution in [0.5, 0.6) is 5.75 Å². The maximum atomic E-state index is 12.7. The van der Waals surface area contributed by atoms with E-state index in [1.807, 2.05) is 13.0 Å². The number of hydrogen-bond donors (Lipinski definition) is 0. The number of sulfonamides is 1. The second-order valence-electron chi connectivity index (χ2n) is 6.41. The van der Waals surface area contributed by atoms with E-state index in [0.717, 1.165) is 5.69 Å². The first-order valence-electron chi connectivity index (χ1n) is 8.37. The monoisotopic (exact) mass is 396 g/mol. The molecule has 0 N–H and O–H groups in total. The maximum absolute atomic E-state index is 12.7. The van der Waals surface area contributed by atoms with Crippen LogP contribution in [0.1, 0.15) is 18.5 Å². The molecule has 1 fully saturated rings. The van der Waals surface area contributed by atoms with Crippen LogP contribution < -0.4 is 10.3 Å². The molecule has 0 atom stereocenters. The molecule has 0 radical (unpaired) electrons. The van der Waals surface area contributed by atoms with Crippen LogP contribution >= 0.6 is 11.6 Å². The Hall–Kier alpha value is -1.83. The normalized spacial score (nSPS) is 16.6. The molecule has 1 aliphatic rings. The number of aryl methyl sites for hydroxylation is 1. The van der Waals surface area contributed by atoms with Crippen LogP contribution in [0, 0.1) is 6.92 Å². The first-order valence-corrected chi connectivity index (χ1v) is 10.2. The summed E-state index contributed by atoms with van der Waals surface area (Å²) in [4.78, 5) is 12.1. The standard InChI is InChI=1S/C18H21ClN2O4S/c1-13-10-16(12-18(22)20(13)2)25-15-6-8-21(9-7-15)26(23,24)17-5-3-4-14(19)11-17/h3-5,10-12,15H,6-9H2,1-2H3. The van der Waals surface area contributed by atoms with Gasteiger partial charge in [0.05, 0.1) is 4.90 Å². The molecule has 3 rings (SSSR count). The zero-order valence-electron chi connectivity index (χ0n) is 14.7. The molecule has 0 spiro atoms. The van der Waals surface area contributed by atoms with Gasteiger partial charge in [0.2, 0.25) is 10.0 Å². The number of nitrogens with zero attached hydrogens (tertiary/aromatic N) is 2. The quantitative estimate of drug-likeness (QED) is 0.796. The Kier molecular flexibility index (Phi) is 5.41. The molecule has 1 aliphatic heterocycles. The molecule has 6 nitrogen and oxygen atoms in total. The average molecular weight is 397 g/mol. The predicted octanol–water partition coefficient (Wildman–Crippen LogP) is 2.58. The lowest BCUT2D eigenvalue weighted by molar-refractivity contribution is 0.134. The Morgan fingerprint density at radius 1 is 1.15 bits per heavy atom. The fraction of sp³-hybridized carbons (Fsp3) is 0.389. The second kappa shape index (κ2) is 7.42. The van der Waals surface area contributed by atoms with E-state index in [-0.39, 0.29) is 16.6 Å². The Morgan fingerprint density at radius 2 is 1.85 bits per heavy atom. The van der Waals surface area contributed by atoms with Gasteiger partial charge in [-0.15, -0.1) is 0 Å². The third-order valence-corrected chi connectivity index (χ3v) is 6.74. The van der Waals surface area contributed by atoms with Crippen molar-refractivity contribution in [1.82, 2.24) is 8.87 Å². The van der Waals surface area contributed by atoms with E-state index in [1.54, 1.807) is 29.8 Å². The van der Waals surface area contributed by atoms with E-state index in [4.69, 9.17) is 16.3 Å². The summed E-state index contributed by atoms with van der Waals surface area (Å²) in [5.74, 6) is 0.529. The number of pyridine rings is 1. The molecule has 2 aromatic rings. The molecule has 0 amide bonds. The van der Waals surface area contributed by atoms with Crippen molar-refractivity contribution in [2.75, 3.05) is 13.1 Å². The summed E-state index contributed by atoms with van der Waals surface area (Å²) < 4.78 is 34.3. The molecule has 0 saturated carbocycles. The Balaban J connectivity index is 1.67. The number of benzene rings is 1. The van der Waals surface area contributed by atoms with E-state index in [2.05, 4.69) is 0 Å². The largest absolute Gasteiger partial charge is 0.490 e. The molecule has 1 aromatic heterocycles. The minimum absolute atomic E-state index is 0.118. The molecule has 8 heteroatoms. The van der Waals surface area contributed by atoms with Gasteiger partial charge in [0.25, 0.3) is 5.56 Å². The summed E-state index contributed by atoms with van der Waals surface area (Å²) in [6, 6.07) is 9.56. The minimum atomic E-state index is -3.56. The highest BCUT2D eigenvalue weighted by Crippen LogP contribution is 2.25. The number of piperidine rings is 1. The second-order valence-corrected chi connectivity index (χ2v) is 8.78. The first kappa shape index (κ1) is 18.9. The number of hydrogen-bond acceptors (Lipinski definition) is 4. The highest BCUT2D eigenvalue weighted by molar-refractivity contribution is 7.89. The van der Waals surface area contributed by atoms with Crippen molar-refractivity contribution in [3.05, 3.63) is 57.5 Å². The Morgan fingerprint density at radius 3 is 2.46 bits per heavy atom. The van der Waals surface area contributed by atoms with Crippen molar-refractivity contribution < 1.29 is 13.2 Å². The summed E-state index contributed by atoms with van der Waals surface area (Å²) in [5.41, 5.74) is 0.689. The molecule has 0 aliphatic carbocycles. The van der Waals surface area contributed by atoms with Crippen molar-refractivity contribution in [1.29, 1.82) is 0 Å². The van der Waals surface area contributed by atoms with Crippen LogP contribution in [-0.4, -0.2) is 36.5 Å². The van der Waals surface area contributed by atoms with Crippen LogP contribution in [-0.2, 0) is 17.1 Å². The lowest BCUT2D eigenvalue weighted by Crippen LogP contribution is -2.41. The topological polar surface area (TPSA) is 68.6 Å². The predicted molar refractivity (Wildman–Crippen MR) is 100 cm³/mol. The van der Waals surface area contributed by atoms with Gasteiger partial charge in [-0.05, 0) is 44.0 Å². The smallest absolute Gasteiger partial charge is 0.254 e. The van der Waals surface area contributed by atoms with Gasteiger partial charge in [-0.2, -0.15) is 4.31 Å². The molecule has 26 heavy (non-hydrogen) atoms. The Labute approximate surface area is 158 Å². The fourth-order valence-electron chi connectivity index (χ4n) is 2.96. The van der Waals surface area contributed by atoms with Gasteiger partial charge in [0.1, 0.15) is 11.9 Å². The lowest BCUT2D eigenvalue weighted by Gasteiger charge is -2.31. The molecule has 140 valence electrons. The summed E-state index contributed by atoms with van der Waals surface area (Å²) in [6.45, 7) is 2.57. The highest BCUT2D eigenvalue weighted by atomic mass is 35.5. The SMILES string of the molecule is Cc1cc(OC2CCN(S(=O)(=O)c3cccc(Cl)c3)CC2)cc(=O)n1C. The zero-order chi connectivity index (χ0) is 18.9. The minimum Gasteiger partial charge on any atom is -0.490 e. The van der Waals surface area contributed by atoms with E-state index in [9.17, 15) is 13.2 Å². The van der Waals surface area contributed by atoms with Gasteiger partial charge in [0.15, 0.2) is 0 Å². The van der Waals surface area contributed by atoms with E-state index >= 15 is 0 Å². The lowest BCUT2D eigenvalue weighted by atomic mass is 10.1. The fourth-order valence-corrected chi connectivity index (χ4v) is 4.74. The number of halogens is 1. The highest BCUT2D eigenvalue weighted by Gasteiger charge is 2.30. The van der Waals surface area contributed by atoms with Crippen molar-refractivity contribution >= 4 is 21.6 Å². The van der Waals surface area contributed by atoms with Gasteiger partial charge in [-0.25, -0.2) is 8.42 Å². The van der Waals surface area contributed by atoms with E-state index in [0.29, 0.717) is 36.7 Å². The summed E-state index contributed by atoms with van der Waals surface area (Å²) >= 11 is 5.91. The van der Waals surface area contributed by atoms with Gasteiger partial charge >= 0.3 is 0 Å². The number of ether oxygens (including phenoxy) is 1. The maximum Gasteiger partial charge on any atom is 0.254 e. The van der Waals surface area contributed by atoms with Crippen LogP contribution in [0.15, 0.2) is 46.1 Å². The van der Waals surface area contributed by atoms with Gasteiger partial charge < -0.3 is 9.30 Å². The third-order valence-electron chi connectivity index (χ3n) is 4.61. The molecule has 1 aromatic carbocycles. The molecule has 0 bridgehead atoms. The van der Waals surface area contributed by atoms with E-state index in [1.165, 1.54) is 16.4 Å². The summed E-state index contributed by atoms with van der Waals surface area (Å²) in [5, 5.41) is 0.394. The Bertz CT molecular complexity index is 963. The number of rotatable bonds is 4. The van der Waals surface area contributed by atoms with Crippen molar-refractivity contribution in [3.8, 4) is 5.75 Å². The van der Waals surface area contributed by atoms with E-state index < -0.39 is 10.0 Å². The van der Waals surface area contributed by atoms with Crippen LogP contribution in [0.3, 0.4) is 0 Å². The van der Waals surface area contributed by atoms with Crippen molar-refractivity contribution in [2.45, 2.75) is 30.8 Å². The van der Waals surface area contributed by atoms with Gasteiger partial charge in [0, 0.05) is 36.9 Å². The van der Waals surface area contributed by atoms with Gasteiger partial charge in [-0.3, -0.25) is 4.79 Å². The van der Waals surface area contributed by atoms with Gasteiger partial charge in [-0.1, -0.05) is 17.7 Å². The van der Waals surface area contributed by atoms with Crippen LogP contribution in [0.4, 0.5) is 0 Å². The molecular weight excluding hydrogens is 376 g/mol. The molecule has 2 heterocycles. The third kappa shape index (κ3) is 3.95. The molecule has 1 saturated heterocycles. The molecular formula is C18H21ClN2O4S. The average Bonchev–Trinajstić information content (AvgIpc) is 2.60. The van der Waals surface area contributed by atoms with Crippen LogP contribution in [0.25, 0.3) is 0 Å². The van der Waals surface area contributed by atoms with Crippen molar-refractivity contribution in [2.24, 2.45) is 7.05 Å². The molecule has 0 unspecified atom stereocenters. The zero-order valence-corrected chi connectivity index (χ0v) is 16.3. The van der Waals surface area contributed by atoms with Crippen molar-refractivity contribution in [3.63, 3.8) is 0 Å². The number of aromatic nitrogens is 1.